The van der Waals surface area contributed by atoms with Gasteiger partial charge in [-0.3, -0.25) is 4.98 Å². The van der Waals surface area contributed by atoms with Gasteiger partial charge in [-0.15, -0.1) is 0 Å². The van der Waals surface area contributed by atoms with Gasteiger partial charge in [-0.05, 0) is 12.1 Å². The van der Waals surface area contributed by atoms with Crippen molar-refractivity contribution in [1.82, 2.24) is 4.98 Å². The van der Waals surface area contributed by atoms with Gasteiger partial charge in [0.1, 0.15) is 5.69 Å². The lowest BCUT2D eigenvalue weighted by Gasteiger charge is -1.94. The van der Waals surface area contributed by atoms with E-state index < -0.39 is 5.82 Å². The monoisotopic (exact) mass is 174 g/mol. The molecule has 58 valence electrons. The van der Waals surface area contributed by atoms with E-state index in [-0.39, 0.29) is 10.9 Å². The molecule has 1 heterocycles. The summed E-state index contributed by atoms with van der Waals surface area (Å²) in [7, 11) is 0. The molecule has 0 atom stereocenters. The van der Waals surface area contributed by atoms with Crippen molar-refractivity contribution in [3.63, 3.8) is 0 Å². The Labute approximate surface area is 67.1 Å². The molecule has 0 aliphatic heterocycles. The zero-order chi connectivity index (χ0) is 8.27. The van der Waals surface area contributed by atoms with E-state index in [0.717, 1.165) is 0 Å². The summed E-state index contributed by atoms with van der Waals surface area (Å²) in [4.78, 5) is 3.55. The molecule has 0 aliphatic carbocycles. The molecular weight excluding hydrogens is 171 g/mol. The minimum Gasteiger partial charge on any atom is -0.410 e. The maximum atomic E-state index is 12.7. The Bertz CT molecular complexity index is 290. The van der Waals surface area contributed by atoms with Crippen molar-refractivity contribution in [3.05, 3.63) is 29.8 Å². The standard InChI is InChI=1S/C6H4ClFN2O/c7-6(10-11)5-4(8)2-1-3-9-5/h1-3,11H/b10-6+. The molecule has 0 radical (unpaired) electrons. The highest BCUT2D eigenvalue weighted by Gasteiger charge is 2.07. The van der Waals surface area contributed by atoms with Crippen LogP contribution in [0.5, 0.6) is 0 Å². The van der Waals surface area contributed by atoms with E-state index >= 15 is 0 Å². The van der Waals surface area contributed by atoms with Crippen molar-refractivity contribution in [1.29, 1.82) is 0 Å². The molecule has 0 fully saturated rings. The van der Waals surface area contributed by atoms with Crippen LogP contribution in [0.15, 0.2) is 23.5 Å². The van der Waals surface area contributed by atoms with Crippen molar-refractivity contribution >= 4 is 16.8 Å². The lowest BCUT2D eigenvalue weighted by Crippen LogP contribution is -1.98. The minimum atomic E-state index is -0.615. The summed E-state index contributed by atoms with van der Waals surface area (Å²) in [6.07, 6.45) is 1.35. The largest absolute Gasteiger partial charge is 0.410 e. The summed E-state index contributed by atoms with van der Waals surface area (Å²) in [6, 6.07) is 2.59. The van der Waals surface area contributed by atoms with Crippen molar-refractivity contribution in [2.45, 2.75) is 0 Å². The van der Waals surface area contributed by atoms with E-state index in [2.05, 4.69) is 10.1 Å². The fourth-order valence-electron chi connectivity index (χ4n) is 0.585. The molecule has 3 nitrogen and oxygen atoms in total. The van der Waals surface area contributed by atoms with Gasteiger partial charge >= 0.3 is 0 Å². The molecule has 0 aliphatic rings. The van der Waals surface area contributed by atoms with Gasteiger partial charge < -0.3 is 5.21 Å². The first kappa shape index (κ1) is 7.94. The number of nitrogens with zero attached hydrogens (tertiary/aromatic N) is 2. The molecule has 0 spiro atoms. The second kappa shape index (κ2) is 3.30. The number of rotatable bonds is 1. The van der Waals surface area contributed by atoms with E-state index in [9.17, 15) is 4.39 Å². The predicted molar refractivity (Wildman–Crippen MR) is 38.4 cm³/mol. The third-order valence-electron chi connectivity index (χ3n) is 1.04. The van der Waals surface area contributed by atoms with Crippen LogP contribution < -0.4 is 0 Å². The Balaban J connectivity index is 3.14. The van der Waals surface area contributed by atoms with Gasteiger partial charge in [0.2, 0.25) is 0 Å². The smallest absolute Gasteiger partial charge is 0.196 e. The second-order valence-electron chi connectivity index (χ2n) is 1.72. The normalized spacial score (nSPS) is 11.6. The van der Waals surface area contributed by atoms with E-state index in [4.69, 9.17) is 16.8 Å². The zero-order valence-electron chi connectivity index (χ0n) is 5.33. The minimum absolute atomic E-state index is 0.156. The second-order valence-corrected chi connectivity index (χ2v) is 2.08. The SMILES string of the molecule is O/N=C(/Cl)c1ncccc1F. The average molecular weight is 175 g/mol. The summed E-state index contributed by atoms with van der Waals surface area (Å²) in [5.41, 5.74) is -0.156. The maximum absolute atomic E-state index is 12.7. The first-order chi connectivity index (χ1) is 5.25. The molecule has 0 bridgehead atoms. The average Bonchev–Trinajstić information content (AvgIpc) is 2.04. The zero-order valence-corrected chi connectivity index (χ0v) is 6.09. The first-order valence-electron chi connectivity index (χ1n) is 2.74. The lowest BCUT2D eigenvalue weighted by atomic mass is 10.3. The number of hydrogen-bond donors (Lipinski definition) is 1. The summed E-state index contributed by atoms with van der Waals surface area (Å²) in [6.45, 7) is 0. The van der Waals surface area contributed by atoms with Crippen molar-refractivity contribution in [2.24, 2.45) is 5.16 Å². The molecule has 1 aromatic heterocycles. The van der Waals surface area contributed by atoms with Crippen molar-refractivity contribution in [2.75, 3.05) is 0 Å². The van der Waals surface area contributed by atoms with Crippen LogP contribution in [0.3, 0.4) is 0 Å². The Morgan fingerprint density at radius 1 is 1.73 bits per heavy atom. The van der Waals surface area contributed by atoms with Crippen LogP contribution in [-0.2, 0) is 0 Å². The number of oxime groups is 1. The molecule has 0 saturated carbocycles. The van der Waals surface area contributed by atoms with E-state index in [0.29, 0.717) is 0 Å². The van der Waals surface area contributed by atoms with Gasteiger partial charge in [-0.1, -0.05) is 16.8 Å². The summed E-state index contributed by atoms with van der Waals surface area (Å²) in [5, 5.41) is 10.4. The molecular formula is C6H4ClFN2O. The van der Waals surface area contributed by atoms with E-state index in [1.54, 1.807) is 0 Å². The van der Waals surface area contributed by atoms with Gasteiger partial charge in [-0.25, -0.2) is 4.39 Å². The van der Waals surface area contributed by atoms with Crippen LogP contribution in [0.25, 0.3) is 0 Å². The molecule has 1 N–H and O–H groups in total. The van der Waals surface area contributed by atoms with Gasteiger partial charge in [0, 0.05) is 6.20 Å². The van der Waals surface area contributed by atoms with Gasteiger partial charge in [-0.2, -0.15) is 0 Å². The maximum Gasteiger partial charge on any atom is 0.196 e. The summed E-state index contributed by atoms with van der Waals surface area (Å²) < 4.78 is 12.7. The Morgan fingerprint density at radius 2 is 2.45 bits per heavy atom. The van der Waals surface area contributed by atoms with Crippen molar-refractivity contribution < 1.29 is 9.60 Å². The highest BCUT2D eigenvalue weighted by Crippen LogP contribution is 2.06. The Kier molecular flexibility index (Phi) is 2.38. The van der Waals surface area contributed by atoms with Crippen LogP contribution in [0.2, 0.25) is 0 Å². The molecule has 0 amide bonds. The molecule has 1 aromatic rings. The molecule has 0 saturated heterocycles. The number of pyridine rings is 1. The molecule has 1 rings (SSSR count). The van der Waals surface area contributed by atoms with Gasteiger partial charge in [0.25, 0.3) is 0 Å². The van der Waals surface area contributed by atoms with E-state index in [1.807, 2.05) is 0 Å². The third kappa shape index (κ3) is 1.65. The Hall–Kier alpha value is -1.16. The Morgan fingerprint density at radius 3 is 3.00 bits per heavy atom. The fourth-order valence-corrected chi connectivity index (χ4v) is 0.724. The van der Waals surface area contributed by atoms with Gasteiger partial charge in [0.05, 0.1) is 0 Å². The van der Waals surface area contributed by atoms with Crippen molar-refractivity contribution in [3.8, 4) is 0 Å². The number of halogens is 2. The lowest BCUT2D eigenvalue weighted by molar-refractivity contribution is 0.320. The fraction of sp³-hybridized carbons (Fsp3) is 0. The molecule has 11 heavy (non-hydrogen) atoms. The van der Waals surface area contributed by atoms with Crippen LogP contribution >= 0.6 is 11.6 Å². The molecule has 5 heteroatoms. The van der Waals surface area contributed by atoms with Crippen LogP contribution in [0, 0.1) is 5.82 Å². The van der Waals surface area contributed by atoms with Crippen LogP contribution in [-0.4, -0.2) is 15.4 Å². The number of hydrogen-bond acceptors (Lipinski definition) is 3. The first-order valence-corrected chi connectivity index (χ1v) is 3.12. The highest BCUT2D eigenvalue weighted by atomic mass is 35.5. The summed E-state index contributed by atoms with van der Waals surface area (Å²) in [5.74, 6) is -0.615. The van der Waals surface area contributed by atoms with E-state index in [1.165, 1.54) is 18.3 Å². The summed E-state index contributed by atoms with van der Waals surface area (Å²) >= 11 is 5.29. The van der Waals surface area contributed by atoms with Gasteiger partial charge in [0.15, 0.2) is 11.0 Å². The quantitative estimate of drug-likeness (QED) is 0.399. The third-order valence-corrected chi connectivity index (χ3v) is 1.30. The highest BCUT2D eigenvalue weighted by molar-refractivity contribution is 6.69. The topological polar surface area (TPSA) is 45.5 Å². The number of aromatic nitrogens is 1. The predicted octanol–water partition coefficient (Wildman–Crippen LogP) is 1.60. The van der Waals surface area contributed by atoms with Crippen LogP contribution in [0.4, 0.5) is 4.39 Å². The molecule has 0 aromatic carbocycles. The molecule has 0 unspecified atom stereocenters. The van der Waals surface area contributed by atoms with Crippen LogP contribution in [0.1, 0.15) is 5.69 Å².